The molecule has 176 valence electrons. The molecule has 2 aromatic carbocycles. The molecule has 3 heterocycles. The molecule has 10 heteroatoms. The number of hydrogen-bond acceptors (Lipinski definition) is 6. The molecule has 0 fully saturated rings. The molecule has 35 heavy (non-hydrogen) atoms. The fourth-order valence-corrected chi connectivity index (χ4v) is 4.10. The van der Waals surface area contributed by atoms with Gasteiger partial charge in [0.05, 0.1) is 17.8 Å². The first-order valence-corrected chi connectivity index (χ1v) is 11.7. The minimum absolute atomic E-state index is 0.157. The predicted molar refractivity (Wildman–Crippen MR) is 134 cm³/mol. The fourth-order valence-electron chi connectivity index (χ4n) is 3.74. The maximum absolute atomic E-state index is 12.5. The monoisotopic (exact) mass is 532 g/mol. The van der Waals surface area contributed by atoms with Crippen LogP contribution in [0.15, 0.2) is 65.3 Å². The normalized spacial score (nSPS) is 12.6. The zero-order chi connectivity index (χ0) is 24.4. The zero-order valence-electron chi connectivity index (χ0n) is 18.8. The number of carbonyl (C=O) groups excluding carboxylic acids is 2. The number of nitrogens with zero attached hydrogens (tertiary/aromatic N) is 4. The van der Waals surface area contributed by atoms with Gasteiger partial charge in [0.25, 0.3) is 11.8 Å². The Morgan fingerprint density at radius 1 is 1.17 bits per heavy atom. The summed E-state index contributed by atoms with van der Waals surface area (Å²) in [6, 6.07) is 16.4. The van der Waals surface area contributed by atoms with Gasteiger partial charge in [-0.15, -0.1) is 0 Å². The molecule has 2 aromatic heterocycles. The Balaban J connectivity index is 1.39. The lowest BCUT2D eigenvalue weighted by Crippen LogP contribution is -2.35. The Hall–Kier alpha value is -4.05. The van der Waals surface area contributed by atoms with Crippen LogP contribution in [0, 0.1) is 6.92 Å². The molecule has 2 N–H and O–H groups in total. The molecule has 9 nitrogen and oxygen atoms in total. The van der Waals surface area contributed by atoms with E-state index in [4.69, 9.17) is 4.74 Å². The number of anilines is 1. The standard InChI is InChI=1S/C25H21BrN6O3/c1-15-4-2-3-5-18(15)29-23(33)14-35-22-7-6-16(26)12-17(22)24-27-9-8-19(30-24)20-13-21-25(34)28-10-11-32(21)31-20/h2-9,12-13H,10-11,14H2,1H3,(H,28,34)(H,29,33). The van der Waals surface area contributed by atoms with E-state index in [0.29, 0.717) is 47.3 Å². The number of fused-ring (bicyclic) bond motifs is 1. The summed E-state index contributed by atoms with van der Waals surface area (Å²) >= 11 is 3.48. The van der Waals surface area contributed by atoms with Crippen LogP contribution >= 0.6 is 15.9 Å². The summed E-state index contributed by atoms with van der Waals surface area (Å²) in [5.74, 6) is 0.447. The van der Waals surface area contributed by atoms with E-state index in [1.165, 1.54) is 0 Å². The molecule has 0 saturated heterocycles. The minimum Gasteiger partial charge on any atom is -0.483 e. The number of aryl methyl sites for hydroxylation is 1. The summed E-state index contributed by atoms with van der Waals surface area (Å²) < 4.78 is 8.35. The fraction of sp³-hybridized carbons (Fsp3) is 0.160. The second-order valence-electron chi connectivity index (χ2n) is 7.95. The molecular formula is C25H21BrN6O3. The van der Waals surface area contributed by atoms with E-state index in [0.717, 1.165) is 15.7 Å². The lowest BCUT2D eigenvalue weighted by atomic mass is 10.1. The van der Waals surface area contributed by atoms with Crippen molar-refractivity contribution in [3.05, 3.63) is 76.5 Å². The molecule has 4 aromatic rings. The van der Waals surface area contributed by atoms with Gasteiger partial charge in [0, 0.05) is 22.9 Å². The number of hydrogen-bond donors (Lipinski definition) is 2. The lowest BCUT2D eigenvalue weighted by molar-refractivity contribution is -0.118. The largest absolute Gasteiger partial charge is 0.483 e. The Morgan fingerprint density at radius 3 is 2.86 bits per heavy atom. The highest BCUT2D eigenvalue weighted by Crippen LogP contribution is 2.32. The van der Waals surface area contributed by atoms with Crippen molar-refractivity contribution < 1.29 is 14.3 Å². The van der Waals surface area contributed by atoms with Gasteiger partial charge in [-0.2, -0.15) is 5.10 Å². The van der Waals surface area contributed by atoms with Gasteiger partial charge in [-0.1, -0.05) is 34.1 Å². The summed E-state index contributed by atoms with van der Waals surface area (Å²) in [6.07, 6.45) is 1.63. The van der Waals surface area contributed by atoms with E-state index < -0.39 is 0 Å². The van der Waals surface area contributed by atoms with E-state index in [1.807, 2.05) is 43.3 Å². The number of benzene rings is 2. The molecule has 0 atom stereocenters. The van der Waals surface area contributed by atoms with Crippen LogP contribution in [0.3, 0.4) is 0 Å². The number of amides is 2. The molecule has 0 saturated carbocycles. The van der Waals surface area contributed by atoms with Crippen LogP contribution in [0.25, 0.3) is 22.8 Å². The molecule has 0 radical (unpaired) electrons. The summed E-state index contributed by atoms with van der Waals surface area (Å²) in [6.45, 7) is 2.90. The second kappa shape index (κ2) is 9.67. The van der Waals surface area contributed by atoms with Gasteiger partial charge in [0.2, 0.25) is 0 Å². The summed E-state index contributed by atoms with van der Waals surface area (Å²) in [5, 5.41) is 10.2. The average molecular weight is 533 g/mol. The van der Waals surface area contributed by atoms with Crippen molar-refractivity contribution in [1.29, 1.82) is 0 Å². The maximum atomic E-state index is 12.5. The third kappa shape index (κ3) is 4.92. The number of nitrogens with one attached hydrogen (secondary N) is 2. The molecule has 1 aliphatic rings. The van der Waals surface area contributed by atoms with Gasteiger partial charge in [-0.05, 0) is 48.9 Å². The third-order valence-corrected chi connectivity index (χ3v) is 5.99. The molecule has 2 amide bonds. The van der Waals surface area contributed by atoms with Crippen molar-refractivity contribution in [2.45, 2.75) is 13.5 Å². The molecule has 0 unspecified atom stereocenters. The van der Waals surface area contributed by atoms with Crippen molar-refractivity contribution in [2.75, 3.05) is 18.5 Å². The van der Waals surface area contributed by atoms with Crippen LogP contribution in [0.2, 0.25) is 0 Å². The van der Waals surface area contributed by atoms with Crippen LogP contribution in [-0.4, -0.2) is 44.7 Å². The Morgan fingerprint density at radius 2 is 2.03 bits per heavy atom. The highest BCUT2D eigenvalue weighted by atomic mass is 79.9. The summed E-state index contributed by atoms with van der Waals surface area (Å²) in [4.78, 5) is 33.7. The van der Waals surface area contributed by atoms with E-state index in [1.54, 1.807) is 29.1 Å². The topological polar surface area (TPSA) is 111 Å². The van der Waals surface area contributed by atoms with Crippen molar-refractivity contribution in [1.82, 2.24) is 25.1 Å². The minimum atomic E-state index is -0.273. The molecule has 0 aliphatic carbocycles. The predicted octanol–water partition coefficient (Wildman–Crippen LogP) is 3.84. The smallest absolute Gasteiger partial charge is 0.269 e. The average Bonchev–Trinajstić information content (AvgIpc) is 3.31. The number of para-hydroxylation sites is 1. The van der Waals surface area contributed by atoms with Crippen LogP contribution in [0.4, 0.5) is 5.69 Å². The summed E-state index contributed by atoms with van der Waals surface area (Å²) in [5.41, 5.74) is 3.98. The van der Waals surface area contributed by atoms with Crippen molar-refractivity contribution in [3.8, 4) is 28.5 Å². The Labute approximate surface area is 209 Å². The van der Waals surface area contributed by atoms with Gasteiger partial charge < -0.3 is 15.4 Å². The number of halogens is 1. The zero-order valence-corrected chi connectivity index (χ0v) is 20.4. The van der Waals surface area contributed by atoms with Gasteiger partial charge in [0.1, 0.15) is 17.1 Å². The van der Waals surface area contributed by atoms with Crippen molar-refractivity contribution in [2.24, 2.45) is 0 Å². The highest BCUT2D eigenvalue weighted by Gasteiger charge is 2.21. The third-order valence-electron chi connectivity index (χ3n) is 5.50. The molecular weight excluding hydrogens is 512 g/mol. The number of ether oxygens (including phenoxy) is 1. The van der Waals surface area contributed by atoms with Crippen LogP contribution in [-0.2, 0) is 11.3 Å². The number of rotatable bonds is 6. The maximum Gasteiger partial charge on any atom is 0.269 e. The van der Waals surface area contributed by atoms with E-state index >= 15 is 0 Å². The molecule has 5 rings (SSSR count). The quantitative estimate of drug-likeness (QED) is 0.390. The van der Waals surface area contributed by atoms with Gasteiger partial charge in [-0.3, -0.25) is 14.3 Å². The molecule has 1 aliphatic heterocycles. The van der Waals surface area contributed by atoms with E-state index in [2.05, 4.69) is 41.6 Å². The van der Waals surface area contributed by atoms with Crippen molar-refractivity contribution in [3.63, 3.8) is 0 Å². The SMILES string of the molecule is Cc1ccccc1NC(=O)COc1ccc(Br)cc1-c1nccc(-c2cc3n(n2)CCNC3=O)n1. The highest BCUT2D eigenvalue weighted by molar-refractivity contribution is 9.10. The van der Waals surface area contributed by atoms with Crippen LogP contribution in [0.5, 0.6) is 5.75 Å². The van der Waals surface area contributed by atoms with Crippen LogP contribution in [0.1, 0.15) is 16.1 Å². The van der Waals surface area contributed by atoms with Crippen LogP contribution < -0.4 is 15.4 Å². The van der Waals surface area contributed by atoms with Gasteiger partial charge in [0.15, 0.2) is 12.4 Å². The number of aromatic nitrogens is 4. The van der Waals surface area contributed by atoms with Crippen molar-refractivity contribution >= 4 is 33.4 Å². The Kier molecular flexibility index (Phi) is 6.28. The van der Waals surface area contributed by atoms with Gasteiger partial charge >= 0.3 is 0 Å². The van der Waals surface area contributed by atoms with E-state index in [9.17, 15) is 9.59 Å². The first-order valence-electron chi connectivity index (χ1n) is 11.0. The Bertz CT molecular complexity index is 1430. The second-order valence-corrected chi connectivity index (χ2v) is 8.87. The van der Waals surface area contributed by atoms with Gasteiger partial charge in [-0.25, -0.2) is 9.97 Å². The summed E-state index contributed by atoms with van der Waals surface area (Å²) in [7, 11) is 0. The lowest BCUT2D eigenvalue weighted by Gasteiger charge is -2.13. The molecule has 0 bridgehead atoms. The number of carbonyl (C=O) groups is 2. The first kappa shape index (κ1) is 22.7. The first-order chi connectivity index (χ1) is 17.0. The molecule has 0 spiro atoms. The van der Waals surface area contributed by atoms with E-state index in [-0.39, 0.29) is 18.4 Å².